The highest BCUT2D eigenvalue weighted by atomic mass is 15.2. The lowest BCUT2D eigenvalue weighted by Gasteiger charge is -2.35. The van der Waals surface area contributed by atoms with Crippen molar-refractivity contribution in [3.05, 3.63) is 661 Å². The zero-order valence-electron chi connectivity index (χ0n) is 81.9. The van der Waals surface area contributed by atoms with E-state index in [4.69, 9.17) is 0 Å². The van der Waals surface area contributed by atoms with Crippen LogP contribution in [0.15, 0.2) is 595 Å². The van der Waals surface area contributed by atoms with Gasteiger partial charge in [-0.1, -0.05) is 491 Å². The Morgan fingerprint density at radius 3 is 0.866 bits per heavy atom. The van der Waals surface area contributed by atoms with Crippen LogP contribution in [0.25, 0.3) is 144 Å². The highest BCUT2D eigenvalue weighted by Crippen LogP contribution is 2.62. The third-order valence-corrected chi connectivity index (χ3v) is 31.8. The fraction of sp³-hybridized carbons (Fsp3) is 0.0207. The van der Waals surface area contributed by atoms with Crippen LogP contribution in [0.4, 0.5) is 34.1 Å². The van der Waals surface area contributed by atoms with Crippen molar-refractivity contribution in [2.24, 2.45) is 0 Å². The van der Waals surface area contributed by atoms with Crippen molar-refractivity contribution in [2.45, 2.75) is 16.2 Å². The summed E-state index contributed by atoms with van der Waals surface area (Å²) < 4.78 is 4.98. The number of nitrogens with zero attached hydrogens (tertiary/aromatic N) is 4. The molecule has 0 amide bonds. The molecule has 2 aromatic heterocycles. The van der Waals surface area contributed by atoms with Crippen molar-refractivity contribution < 1.29 is 0 Å². The zero-order chi connectivity index (χ0) is 98.5. The molecule has 698 valence electrons. The Bertz CT molecular complexity index is 9440. The summed E-state index contributed by atoms with van der Waals surface area (Å²) in [6.45, 7) is 0. The van der Waals surface area contributed by atoms with Crippen LogP contribution in [0.5, 0.6) is 0 Å². The van der Waals surface area contributed by atoms with E-state index in [9.17, 15) is 0 Å². The number of hydrogen-bond acceptors (Lipinski definition) is 2. The molecule has 4 heteroatoms. The summed E-state index contributed by atoms with van der Waals surface area (Å²) in [5, 5.41) is 7.27. The molecule has 3 aliphatic carbocycles. The molecular weight excluding hydrogens is 1800 g/mol. The molecule has 0 spiro atoms. The number of anilines is 6. The Labute approximate surface area is 867 Å². The lowest BCUT2D eigenvalue weighted by atomic mass is 9.67. The molecule has 0 N–H and O–H groups in total. The quantitative estimate of drug-likeness (QED) is 0.0851. The van der Waals surface area contributed by atoms with Gasteiger partial charge >= 0.3 is 0 Å². The highest BCUT2D eigenvalue weighted by Gasteiger charge is 2.50. The summed E-state index contributed by atoms with van der Waals surface area (Å²) >= 11 is 0. The SMILES string of the molecule is c1ccc(-c2cccc(N(c3cccc(-c4ccccc4)c3)c3ccccc3-c3ccc4c5ccccc5n(-c5ccc6c(c5)-c5ccccc5C6(c5ccccc5)c5ccccc5)c4c3)c2)cc1.c1ccc(C2(c3ccccc3)c3ccccc3-c3cc(-n4c5ccccc5c5ccc(-c6ccccc6N(c6ccc7c(c6)C(c6ccccc6)(c6ccccc6)c6ccccc6-7)c6cccc7ccccc67)cc54)ccc32)cc1. The Kier molecular flexibility index (Phi) is 21.3. The van der Waals surface area contributed by atoms with Gasteiger partial charge in [-0.25, -0.2) is 0 Å². The van der Waals surface area contributed by atoms with Gasteiger partial charge in [0.25, 0.3) is 0 Å². The van der Waals surface area contributed by atoms with Crippen molar-refractivity contribution >= 4 is 88.5 Å². The molecule has 0 saturated carbocycles. The predicted octanol–water partition coefficient (Wildman–Crippen LogP) is 37.4. The van der Waals surface area contributed by atoms with Crippen molar-refractivity contribution in [3.8, 4) is 89.3 Å². The van der Waals surface area contributed by atoms with Gasteiger partial charge in [0.1, 0.15) is 0 Å². The Morgan fingerprint density at radius 1 is 0.141 bits per heavy atom. The molecule has 0 radical (unpaired) electrons. The van der Waals surface area contributed by atoms with Crippen molar-refractivity contribution in [3.63, 3.8) is 0 Å². The number of benzene rings is 24. The van der Waals surface area contributed by atoms with E-state index < -0.39 is 16.2 Å². The van der Waals surface area contributed by atoms with E-state index in [-0.39, 0.29) is 0 Å². The predicted molar refractivity (Wildman–Crippen MR) is 622 cm³/mol. The van der Waals surface area contributed by atoms with Crippen LogP contribution in [0.2, 0.25) is 0 Å². The first-order valence-corrected chi connectivity index (χ1v) is 51.7. The van der Waals surface area contributed by atoms with Gasteiger partial charge in [-0.15, -0.1) is 0 Å². The number of hydrogen-bond donors (Lipinski definition) is 0. The smallest absolute Gasteiger partial charge is 0.0714 e. The van der Waals surface area contributed by atoms with E-state index in [0.717, 1.165) is 78.8 Å². The van der Waals surface area contributed by atoms with Crippen LogP contribution >= 0.6 is 0 Å². The highest BCUT2D eigenvalue weighted by molar-refractivity contribution is 6.13. The van der Waals surface area contributed by atoms with Crippen LogP contribution in [-0.2, 0) is 16.2 Å². The fourth-order valence-electron chi connectivity index (χ4n) is 25.5. The first-order valence-electron chi connectivity index (χ1n) is 51.7. The summed E-state index contributed by atoms with van der Waals surface area (Å²) in [7, 11) is 0. The second-order valence-corrected chi connectivity index (χ2v) is 39.5. The van der Waals surface area contributed by atoms with E-state index in [1.807, 2.05) is 0 Å². The van der Waals surface area contributed by atoms with Gasteiger partial charge < -0.3 is 18.9 Å². The Hall–Kier alpha value is -19.3. The van der Waals surface area contributed by atoms with Gasteiger partial charge in [0.15, 0.2) is 0 Å². The monoisotopic (exact) mass is 1890 g/mol. The van der Waals surface area contributed by atoms with Crippen molar-refractivity contribution in [2.75, 3.05) is 9.80 Å². The molecular formula is C145H98N4. The van der Waals surface area contributed by atoms with Gasteiger partial charge in [-0.3, -0.25) is 0 Å². The number of fused-ring (bicyclic) bond motifs is 16. The van der Waals surface area contributed by atoms with Crippen LogP contribution in [-0.4, -0.2) is 9.13 Å². The molecule has 24 aromatic carbocycles. The summed E-state index contributed by atoms with van der Waals surface area (Å²) in [5.41, 5.74) is 44.2. The van der Waals surface area contributed by atoms with Gasteiger partial charge in [0, 0.05) is 66.5 Å². The minimum Gasteiger partial charge on any atom is -0.310 e. The molecule has 2 heterocycles. The largest absolute Gasteiger partial charge is 0.310 e. The molecule has 0 atom stereocenters. The molecule has 4 nitrogen and oxygen atoms in total. The topological polar surface area (TPSA) is 16.3 Å². The third-order valence-electron chi connectivity index (χ3n) is 31.8. The average Bonchev–Trinajstić information content (AvgIpc) is 1.54. The summed E-state index contributed by atoms with van der Waals surface area (Å²) in [4.78, 5) is 4.95. The van der Waals surface area contributed by atoms with E-state index in [2.05, 4.69) is 613 Å². The van der Waals surface area contributed by atoms with Gasteiger partial charge in [-0.2, -0.15) is 0 Å². The summed E-state index contributed by atoms with van der Waals surface area (Å²) in [6.07, 6.45) is 0. The van der Waals surface area contributed by atoms with Crippen molar-refractivity contribution in [1.82, 2.24) is 9.13 Å². The lowest BCUT2D eigenvalue weighted by molar-refractivity contribution is 0.768. The number of para-hydroxylation sites is 4. The van der Waals surface area contributed by atoms with Gasteiger partial charge in [-0.05, 0) is 242 Å². The second-order valence-electron chi connectivity index (χ2n) is 39.5. The minimum absolute atomic E-state index is 0.461. The van der Waals surface area contributed by atoms with Crippen LogP contribution < -0.4 is 9.80 Å². The van der Waals surface area contributed by atoms with Crippen molar-refractivity contribution in [1.29, 1.82) is 0 Å². The van der Waals surface area contributed by atoms with E-state index in [1.165, 1.54) is 166 Å². The molecule has 3 aliphatic rings. The standard InChI is InChI=1S/C78H52N2.C67H46N2/c1-5-26-55(27-6-1)77(56-28-7-2-8-29-56)70-40-20-16-37-64(70)68-51-59(46-49-71(68)77)80-75-42-22-18-38-66(75)67-47-44-54(50-76(67)80)62-35-17-21-41-73(62)79(74-43-23-25-53-24-13-14-34-61(53)74)60-45-48-65-63-36-15-19-39-69(63)78(72(65)52-60,57-30-9-3-10-31-57)58-32-11-4-12-33-58;1-5-21-47(22-6-1)49-25-19-31-54(43-49)68(55-32-20-26-50(44-55)48-23-7-2-8-24-48)64-37-17-14-33-57(64)51-39-41-60-59-35-15-18-38-65(59)69(66(60)45-51)56-40-42-63-61(46-56)58-34-13-16-36-62(58)67(63,52-27-9-3-10-28-52)53-29-11-4-12-30-53/h1-52H;1-46H. The average molecular weight is 1900 g/mol. The van der Waals surface area contributed by atoms with E-state index in [0.29, 0.717) is 0 Å². The molecule has 29 rings (SSSR count). The third kappa shape index (κ3) is 14.0. The van der Waals surface area contributed by atoms with Crippen LogP contribution in [0.1, 0.15) is 66.8 Å². The van der Waals surface area contributed by atoms with Gasteiger partial charge in [0.05, 0.1) is 55.4 Å². The fourth-order valence-corrected chi connectivity index (χ4v) is 25.5. The molecule has 0 saturated heterocycles. The molecule has 0 aliphatic heterocycles. The second kappa shape index (κ2) is 36.2. The Balaban J connectivity index is 0.000000145. The van der Waals surface area contributed by atoms with E-state index >= 15 is 0 Å². The first-order chi connectivity index (χ1) is 73.9. The minimum atomic E-state index is -0.558. The first kappa shape index (κ1) is 87.5. The van der Waals surface area contributed by atoms with Gasteiger partial charge in [0.2, 0.25) is 0 Å². The molecule has 26 aromatic rings. The summed E-state index contributed by atoms with van der Waals surface area (Å²) in [6, 6.07) is 220. The maximum absolute atomic E-state index is 2.52. The zero-order valence-corrected chi connectivity index (χ0v) is 81.9. The lowest BCUT2D eigenvalue weighted by Crippen LogP contribution is -2.28. The molecule has 0 unspecified atom stereocenters. The normalized spacial score (nSPS) is 13.0. The van der Waals surface area contributed by atoms with Crippen LogP contribution in [0.3, 0.4) is 0 Å². The molecule has 0 fully saturated rings. The maximum Gasteiger partial charge on any atom is 0.0714 e. The number of aromatic nitrogens is 2. The summed E-state index contributed by atoms with van der Waals surface area (Å²) in [5.74, 6) is 0. The van der Waals surface area contributed by atoms with Crippen LogP contribution in [0, 0.1) is 0 Å². The molecule has 0 bridgehead atoms. The Morgan fingerprint density at radius 2 is 0.436 bits per heavy atom. The van der Waals surface area contributed by atoms with E-state index in [1.54, 1.807) is 0 Å². The molecule has 149 heavy (non-hydrogen) atoms. The maximum atomic E-state index is 2.52. The number of rotatable bonds is 18.